The summed E-state index contributed by atoms with van der Waals surface area (Å²) in [4.78, 5) is 24.8. The van der Waals surface area contributed by atoms with E-state index in [2.05, 4.69) is 25.7 Å². The van der Waals surface area contributed by atoms with E-state index in [0.29, 0.717) is 22.2 Å². The number of carbonyl (C=O) groups is 2. The van der Waals surface area contributed by atoms with Gasteiger partial charge in [-0.15, -0.1) is 10.2 Å². The van der Waals surface area contributed by atoms with Gasteiger partial charge in [0.25, 0.3) is 5.91 Å². The van der Waals surface area contributed by atoms with Crippen LogP contribution >= 0.6 is 0 Å². The molecule has 4 aromatic rings. The zero-order chi connectivity index (χ0) is 23.4. The van der Waals surface area contributed by atoms with Crippen LogP contribution in [-0.4, -0.2) is 45.8 Å². The summed E-state index contributed by atoms with van der Waals surface area (Å²) in [5.74, 6) is -0.845. The molecule has 1 aromatic heterocycles. The Labute approximate surface area is 187 Å². The number of nitrogens with zero attached hydrogens (tertiary/aromatic N) is 3. The van der Waals surface area contributed by atoms with Crippen molar-refractivity contribution in [3.63, 3.8) is 0 Å². The van der Waals surface area contributed by atoms with E-state index in [9.17, 15) is 14.7 Å². The Morgan fingerprint density at radius 3 is 2.58 bits per heavy atom. The molecule has 10 heteroatoms. The number of H-pyrrole nitrogens is 1. The SMILES string of the molecule is COc1ccc(NC(=O)c2cc3ccccc3c(N=Nc3[nH]ncc3C(=O)CO)c2O)cc1. The number of ketones is 1. The lowest BCUT2D eigenvalue weighted by molar-refractivity contribution is 0.0904. The number of fused-ring (bicyclic) bond motifs is 1. The maximum atomic E-state index is 12.9. The minimum atomic E-state index is -0.711. The number of rotatable bonds is 7. The number of amides is 1. The van der Waals surface area contributed by atoms with Crippen LogP contribution in [0.5, 0.6) is 11.5 Å². The number of nitrogens with one attached hydrogen (secondary N) is 2. The average molecular weight is 445 g/mol. The molecule has 166 valence electrons. The molecule has 0 radical (unpaired) electrons. The number of hydrogen-bond acceptors (Lipinski definition) is 8. The van der Waals surface area contributed by atoms with Crippen molar-refractivity contribution >= 4 is 39.7 Å². The Morgan fingerprint density at radius 1 is 1.09 bits per heavy atom. The molecular formula is C23H19N5O5. The largest absolute Gasteiger partial charge is 0.505 e. The highest BCUT2D eigenvalue weighted by atomic mass is 16.5. The first-order valence-corrected chi connectivity index (χ1v) is 9.81. The highest BCUT2D eigenvalue weighted by Gasteiger charge is 2.19. The Morgan fingerprint density at radius 2 is 1.85 bits per heavy atom. The number of ether oxygens (including phenoxy) is 1. The van der Waals surface area contributed by atoms with Gasteiger partial charge < -0.3 is 20.3 Å². The van der Waals surface area contributed by atoms with Crippen molar-refractivity contribution in [2.45, 2.75) is 0 Å². The second-order valence-electron chi connectivity index (χ2n) is 6.94. The number of aliphatic hydroxyl groups excluding tert-OH is 1. The lowest BCUT2D eigenvalue weighted by Gasteiger charge is -2.11. The highest BCUT2D eigenvalue weighted by Crippen LogP contribution is 2.39. The first kappa shape index (κ1) is 21.7. The first-order chi connectivity index (χ1) is 16.0. The van der Waals surface area contributed by atoms with E-state index in [1.54, 1.807) is 61.7 Å². The zero-order valence-electron chi connectivity index (χ0n) is 17.4. The molecule has 0 unspecified atom stereocenters. The van der Waals surface area contributed by atoms with Crippen LogP contribution in [0.3, 0.4) is 0 Å². The summed E-state index contributed by atoms with van der Waals surface area (Å²) in [6.07, 6.45) is 1.23. The second kappa shape index (κ2) is 9.28. The van der Waals surface area contributed by atoms with Crippen molar-refractivity contribution < 1.29 is 24.5 Å². The minimum Gasteiger partial charge on any atom is -0.505 e. The summed E-state index contributed by atoms with van der Waals surface area (Å²) >= 11 is 0. The summed E-state index contributed by atoms with van der Waals surface area (Å²) in [7, 11) is 1.54. The van der Waals surface area contributed by atoms with Crippen LogP contribution in [0.25, 0.3) is 10.8 Å². The average Bonchev–Trinajstić information content (AvgIpc) is 3.31. The number of aromatic nitrogens is 2. The van der Waals surface area contributed by atoms with Crippen LogP contribution in [0.2, 0.25) is 0 Å². The van der Waals surface area contributed by atoms with Gasteiger partial charge in [0.2, 0.25) is 0 Å². The molecule has 0 fully saturated rings. The van der Waals surface area contributed by atoms with Gasteiger partial charge in [0, 0.05) is 11.1 Å². The standard InChI is InChI=1S/C23H19N5O5/c1-33-15-8-6-14(7-9-15)25-23(32)17-10-13-4-2-3-5-16(13)20(21(17)31)26-28-22-18(11-24-27-22)19(30)12-29/h2-11,29,31H,12H2,1H3,(H,24,27)(H,25,32). The molecule has 0 aliphatic rings. The number of hydrogen-bond donors (Lipinski definition) is 4. The molecule has 4 rings (SSSR count). The van der Waals surface area contributed by atoms with E-state index in [-0.39, 0.29) is 28.4 Å². The number of phenols is 1. The van der Waals surface area contributed by atoms with Crippen molar-refractivity contribution in [3.05, 3.63) is 71.9 Å². The number of methoxy groups -OCH3 is 1. The molecule has 4 N–H and O–H groups in total. The molecule has 0 aliphatic heterocycles. The maximum absolute atomic E-state index is 12.9. The molecule has 1 amide bonds. The highest BCUT2D eigenvalue weighted by molar-refractivity contribution is 6.11. The van der Waals surface area contributed by atoms with Gasteiger partial charge in [-0.05, 0) is 35.7 Å². The van der Waals surface area contributed by atoms with Gasteiger partial charge in [-0.2, -0.15) is 5.10 Å². The van der Waals surface area contributed by atoms with E-state index < -0.39 is 18.3 Å². The number of benzene rings is 3. The zero-order valence-corrected chi connectivity index (χ0v) is 17.4. The third-order valence-corrected chi connectivity index (χ3v) is 4.90. The summed E-state index contributed by atoms with van der Waals surface area (Å²) < 4.78 is 5.11. The van der Waals surface area contributed by atoms with Crippen LogP contribution in [0.15, 0.2) is 71.0 Å². The second-order valence-corrected chi connectivity index (χ2v) is 6.94. The van der Waals surface area contributed by atoms with E-state index in [1.807, 2.05) is 0 Å². The Kier molecular flexibility index (Phi) is 6.09. The Bertz CT molecular complexity index is 1360. The van der Waals surface area contributed by atoms with Gasteiger partial charge in [0.15, 0.2) is 17.4 Å². The first-order valence-electron chi connectivity index (χ1n) is 9.81. The smallest absolute Gasteiger partial charge is 0.259 e. The van der Waals surface area contributed by atoms with E-state index >= 15 is 0 Å². The van der Waals surface area contributed by atoms with Crippen molar-refractivity contribution in [1.82, 2.24) is 10.2 Å². The fourth-order valence-electron chi connectivity index (χ4n) is 3.21. The van der Waals surface area contributed by atoms with Crippen molar-refractivity contribution in [1.29, 1.82) is 0 Å². The molecule has 0 atom stereocenters. The number of aromatic amines is 1. The van der Waals surface area contributed by atoms with Gasteiger partial charge in [-0.25, -0.2) is 0 Å². The number of anilines is 1. The maximum Gasteiger partial charge on any atom is 0.259 e. The van der Waals surface area contributed by atoms with Gasteiger partial charge in [-0.1, -0.05) is 24.3 Å². The summed E-state index contributed by atoms with van der Waals surface area (Å²) in [5, 5.41) is 38.3. The minimum absolute atomic E-state index is 0.00487. The number of carbonyl (C=O) groups excluding carboxylic acids is 2. The van der Waals surface area contributed by atoms with Crippen molar-refractivity contribution in [3.8, 4) is 11.5 Å². The van der Waals surface area contributed by atoms with Gasteiger partial charge in [0.05, 0.1) is 24.4 Å². The van der Waals surface area contributed by atoms with E-state index in [0.717, 1.165) is 0 Å². The van der Waals surface area contributed by atoms with Crippen LogP contribution in [0, 0.1) is 0 Å². The predicted octanol–water partition coefficient (Wildman–Crippen LogP) is 4.12. The number of aliphatic hydroxyl groups is 1. The molecule has 1 heterocycles. The Balaban J connectivity index is 1.74. The number of aromatic hydroxyl groups is 1. The molecule has 0 aliphatic carbocycles. The molecule has 33 heavy (non-hydrogen) atoms. The third-order valence-electron chi connectivity index (χ3n) is 4.90. The van der Waals surface area contributed by atoms with Gasteiger partial charge >= 0.3 is 0 Å². The topological polar surface area (TPSA) is 149 Å². The normalized spacial score (nSPS) is 11.1. The van der Waals surface area contributed by atoms with Crippen LogP contribution in [-0.2, 0) is 0 Å². The third kappa shape index (κ3) is 4.41. The molecule has 0 saturated heterocycles. The summed E-state index contributed by atoms with van der Waals surface area (Å²) in [6.45, 7) is -0.711. The lowest BCUT2D eigenvalue weighted by atomic mass is 10.0. The quantitative estimate of drug-likeness (QED) is 0.248. The molecule has 0 spiro atoms. The number of phenolic OH excluding ortho intramolecular Hbond substituents is 1. The fraction of sp³-hybridized carbons (Fsp3) is 0.0870. The fourth-order valence-corrected chi connectivity index (χ4v) is 3.21. The molecule has 3 aromatic carbocycles. The van der Waals surface area contributed by atoms with Crippen LogP contribution in [0.1, 0.15) is 20.7 Å². The van der Waals surface area contributed by atoms with E-state index in [1.165, 1.54) is 6.20 Å². The predicted molar refractivity (Wildman–Crippen MR) is 121 cm³/mol. The Hall–Kier alpha value is -4.57. The van der Waals surface area contributed by atoms with Crippen LogP contribution in [0.4, 0.5) is 17.2 Å². The number of Topliss-reactive ketones (excluding diaryl/α,β-unsaturated/α-hetero) is 1. The van der Waals surface area contributed by atoms with Crippen molar-refractivity contribution in [2.24, 2.45) is 10.2 Å². The summed E-state index contributed by atoms with van der Waals surface area (Å²) in [6, 6.07) is 15.3. The monoisotopic (exact) mass is 445 g/mol. The molecule has 0 saturated carbocycles. The molecule has 10 nitrogen and oxygen atoms in total. The molecular weight excluding hydrogens is 426 g/mol. The van der Waals surface area contributed by atoms with E-state index in [4.69, 9.17) is 9.84 Å². The van der Waals surface area contributed by atoms with Crippen molar-refractivity contribution in [2.75, 3.05) is 19.0 Å². The molecule has 0 bridgehead atoms. The van der Waals surface area contributed by atoms with Gasteiger partial charge in [0.1, 0.15) is 18.0 Å². The lowest BCUT2D eigenvalue weighted by Crippen LogP contribution is -2.12. The number of azo groups is 1. The van der Waals surface area contributed by atoms with Crippen LogP contribution < -0.4 is 10.1 Å². The summed E-state index contributed by atoms with van der Waals surface area (Å²) in [5.41, 5.74) is 0.610. The van der Waals surface area contributed by atoms with Gasteiger partial charge in [-0.3, -0.25) is 14.7 Å².